The average Bonchev–Trinajstić information content (AvgIpc) is 2.47. The van der Waals surface area contributed by atoms with Gasteiger partial charge in [-0.1, -0.05) is 29.8 Å². The van der Waals surface area contributed by atoms with Crippen molar-refractivity contribution in [3.8, 4) is 0 Å². The summed E-state index contributed by atoms with van der Waals surface area (Å²) < 4.78 is 0. The number of aromatic nitrogens is 2. The minimum absolute atomic E-state index is 0.531. The molecule has 116 valence electrons. The third-order valence-corrected chi connectivity index (χ3v) is 3.74. The predicted octanol–water partition coefficient (Wildman–Crippen LogP) is 4.10. The first-order valence-electron chi connectivity index (χ1n) is 7.30. The Labute approximate surface area is 136 Å². The van der Waals surface area contributed by atoms with Crippen molar-refractivity contribution in [2.24, 2.45) is 0 Å². The second-order valence-corrected chi connectivity index (χ2v) is 5.56. The molecule has 1 heterocycles. The van der Waals surface area contributed by atoms with Gasteiger partial charge in [0, 0.05) is 22.8 Å². The third-order valence-electron chi connectivity index (χ3n) is 3.49. The lowest BCUT2D eigenvalue weighted by Gasteiger charge is -2.10. The highest BCUT2D eigenvalue weighted by Crippen LogP contribution is 2.21. The highest BCUT2D eigenvalue weighted by Gasteiger charge is 2.08. The van der Waals surface area contributed by atoms with E-state index >= 15 is 0 Å². The van der Waals surface area contributed by atoms with E-state index in [4.69, 9.17) is 17.3 Å². The number of anilines is 2. The largest absolute Gasteiger partial charge is 0.383 e. The molecule has 0 fully saturated rings. The molecule has 2 rings (SSSR count). The lowest BCUT2D eigenvalue weighted by molar-refractivity contribution is 1.02. The van der Waals surface area contributed by atoms with Gasteiger partial charge in [0.05, 0.1) is 0 Å². The fraction of sp³-hybridized carbons (Fsp3) is 0.294. The topological polar surface area (TPSA) is 63.8 Å². The minimum Gasteiger partial charge on any atom is -0.383 e. The zero-order chi connectivity index (χ0) is 16.1. The van der Waals surface area contributed by atoms with Crippen molar-refractivity contribution in [3.05, 3.63) is 52.2 Å². The molecule has 1 aromatic heterocycles. The molecule has 4 nitrogen and oxygen atoms in total. The van der Waals surface area contributed by atoms with Gasteiger partial charge in [-0.15, -0.1) is 0 Å². The smallest absolute Gasteiger partial charge is 0.224 e. The molecule has 0 aliphatic heterocycles. The molecule has 22 heavy (non-hydrogen) atoms. The van der Waals surface area contributed by atoms with Crippen molar-refractivity contribution >= 4 is 28.9 Å². The molecule has 0 saturated heterocycles. The molecule has 1 aromatic carbocycles. The van der Waals surface area contributed by atoms with E-state index in [0.29, 0.717) is 18.2 Å². The van der Waals surface area contributed by atoms with Crippen LogP contribution in [0.4, 0.5) is 11.8 Å². The number of halogens is 1. The number of benzene rings is 1. The van der Waals surface area contributed by atoms with Crippen molar-refractivity contribution < 1.29 is 0 Å². The van der Waals surface area contributed by atoms with Crippen molar-refractivity contribution in [2.45, 2.75) is 27.2 Å². The van der Waals surface area contributed by atoms with Crippen molar-refractivity contribution in [1.82, 2.24) is 9.97 Å². The Bertz CT molecular complexity index is 655. The van der Waals surface area contributed by atoms with Crippen LogP contribution in [0.2, 0.25) is 5.02 Å². The van der Waals surface area contributed by atoms with Crippen LogP contribution in [-0.2, 0) is 6.42 Å². The summed E-state index contributed by atoms with van der Waals surface area (Å²) in [6, 6.07) is 7.80. The van der Waals surface area contributed by atoms with E-state index in [0.717, 1.165) is 28.4 Å². The molecule has 3 N–H and O–H groups in total. The van der Waals surface area contributed by atoms with Crippen LogP contribution in [0.25, 0.3) is 5.57 Å². The monoisotopic (exact) mass is 316 g/mol. The van der Waals surface area contributed by atoms with Gasteiger partial charge in [-0.3, -0.25) is 0 Å². The maximum atomic E-state index is 6.06. The van der Waals surface area contributed by atoms with Gasteiger partial charge >= 0.3 is 0 Å². The van der Waals surface area contributed by atoms with Crippen LogP contribution >= 0.6 is 11.6 Å². The van der Waals surface area contributed by atoms with Gasteiger partial charge in [0.1, 0.15) is 5.82 Å². The normalized spacial score (nSPS) is 11.5. The van der Waals surface area contributed by atoms with Crippen LogP contribution in [0.3, 0.4) is 0 Å². The van der Waals surface area contributed by atoms with E-state index in [1.165, 1.54) is 5.57 Å². The molecule has 0 spiro atoms. The molecular formula is C17H21ClN4. The van der Waals surface area contributed by atoms with Crippen LogP contribution in [-0.4, -0.2) is 16.5 Å². The van der Waals surface area contributed by atoms with Crippen LogP contribution in [0.5, 0.6) is 0 Å². The molecule has 2 aromatic rings. The van der Waals surface area contributed by atoms with Gasteiger partial charge < -0.3 is 11.1 Å². The van der Waals surface area contributed by atoms with Gasteiger partial charge in [-0.25, -0.2) is 4.98 Å². The van der Waals surface area contributed by atoms with Crippen LogP contribution in [0.15, 0.2) is 30.3 Å². The summed E-state index contributed by atoms with van der Waals surface area (Å²) in [6.07, 6.45) is 2.84. The molecule has 0 radical (unpaired) electrons. The Morgan fingerprint density at radius 3 is 2.55 bits per heavy atom. The summed E-state index contributed by atoms with van der Waals surface area (Å²) in [5, 5.41) is 3.82. The highest BCUT2D eigenvalue weighted by molar-refractivity contribution is 6.30. The Hall–Kier alpha value is -2.07. The Morgan fingerprint density at radius 2 is 1.95 bits per heavy atom. The summed E-state index contributed by atoms with van der Waals surface area (Å²) in [7, 11) is 0. The molecular weight excluding hydrogens is 296 g/mol. The van der Waals surface area contributed by atoms with Gasteiger partial charge in [-0.2, -0.15) is 4.98 Å². The average molecular weight is 317 g/mol. The number of nitrogen functional groups attached to an aromatic ring is 1. The zero-order valence-corrected chi connectivity index (χ0v) is 13.9. The molecule has 0 atom stereocenters. The molecule has 0 unspecified atom stereocenters. The van der Waals surface area contributed by atoms with Gasteiger partial charge in [0.25, 0.3) is 0 Å². The third kappa shape index (κ3) is 3.98. The summed E-state index contributed by atoms with van der Waals surface area (Å²) in [4.78, 5) is 8.73. The van der Waals surface area contributed by atoms with E-state index in [2.05, 4.69) is 28.3 Å². The van der Waals surface area contributed by atoms with Gasteiger partial charge in [0.15, 0.2) is 0 Å². The maximum absolute atomic E-state index is 6.06. The number of nitrogens with one attached hydrogen (secondary N) is 1. The number of hydrogen-bond donors (Lipinski definition) is 2. The van der Waals surface area contributed by atoms with Crippen LogP contribution in [0, 0.1) is 6.92 Å². The maximum Gasteiger partial charge on any atom is 0.224 e. The van der Waals surface area contributed by atoms with Crippen molar-refractivity contribution in [3.63, 3.8) is 0 Å². The summed E-state index contributed by atoms with van der Waals surface area (Å²) in [5.41, 5.74) is 10.2. The summed E-state index contributed by atoms with van der Waals surface area (Å²) >= 11 is 5.91. The molecule has 5 heteroatoms. The standard InChI is InChI=1S/C17H21ClN4/c1-4-20-17-21-12(3)15(16(19)22-17)10-5-11(2)13-6-8-14(18)9-7-13/h5-9H,4,10H2,1-3H3,(H3,19,20,21,22). The fourth-order valence-electron chi connectivity index (χ4n) is 2.19. The summed E-state index contributed by atoms with van der Waals surface area (Å²) in [6.45, 7) is 6.80. The number of nitrogens with two attached hydrogens (primary N) is 1. The second kappa shape index (κ2) is 7.27. The highest BCUT2D eigenvalue weighted by atomic mass is 35.5. The molecule has 0 aliphatic carbocycles. The Balaban J connectivity index is 2.20. The van der Waals surface area contributed by atoms with E-state index in [-0.39, 0.29) is 0 Å². The van der Waals surface area contributed by atoms with Crippen molar-refractivity contribution in [2.75, 3.05) is 17.6 Å². The summed E-state index contributed by atoms with van der Waals surface area (Å²) in [5.74, 6) is 1.11. The fourth-order valence-corrected chi connectivity index (χ4v) is 2.32. The predicted molar refractivity (Wildman–Crippen MR) is 94.2 cm³/mol. The first-order valence-corrected chi connectivity index (χ1v) is 7.68. The van der Waals surface area contributed by atoms with Crippen LogP contribution < -0.4 is 11.1 Å². The number of rotatable bonds is 5. The lowest BCUT2D eigenvalue weighted by atomic mass is 10.0. The number of nitrogens with zero attached hydrogens (tertiary/aromatic N) is 2. The van der Waals surface area contributed by atoms with E-state index in [1.807, 2.05) is 38.1 Å². The Morgan fingerprint density at radius 1 is 1.27 bits per heavy atom. The molecule has 0 amide bonds. The van der Waals surface area contributed by atoms with Gasteiger partial charge in [-0.05, 0) is 50.5 Å². The number of aryl methyl sites for hydroxylation is 1. The SMILES string of the molecule is CCNc1nc(C)c(CC=C(C)c2ccc(Cl)cc2)c(N)n1. The Kier molecular flexibility index (Phi) is 5.39. The van der Waals surface area contributed by atoms with E-state index < -0.39 is 0 Å². The van der Waals surface area contributed by atoms with E-state index in [9.17, 15) is 0 Å². The molecule has 0 saturated carbocycles. The van der Waals surface area contributed by atoms with Crippen LogP contribution in [0.1, 0.15) is 30.7 Å². The lowest BCUT2D eigenvalue weighted by Crippen LogP contribution is -2.09. The quantitative estimate of drug-likeness (QED) is 0.871. The minimum atomic E-state index is 0.531. The number of hydrogen-bond acceptors (Lipinski definition) is 4. The number of allylic oxidation sites excluding steroid dienone is 2. The second-order valence-electron chi connectivity index (χ2n) is 5.12. The molecule has 0 bridgehead atoms. The first-order chi connectivity index (χ1) is 10.5. The first kappa shape index (κ1) is 16.3. The van der Waals surface area contributed by atoms with Crippen molar-refractivity contribution in [1.29, 1.82) is 0 Å². The molecule has 0 aliphatic rings. The van der Waals surface area contributed by atoms with E-state index in [1.54, 1.807) is 0 Å². The van der Waals surface area contributed by atoms with Gasteiger partial charge in [0.2, 0.25) is 5.95 Å². The zero-order valence-electron chi connectivity index (χ0n) is 13.2.